The monoisotopic (exact) mass is 480 g/mol. The van der Waals surface area contributed by atoms with Gasteiger partial charge in [-0.1, -0.05) is 12.1 Å². The van der Waals surface area contributed by atoms with E-state index in [0.717, 1.165) is 22.7 Å². The van der Waals surface area contributed by atoms with E-state index in [2.05, 4.69) is 30.9 Å². The molecule has 1 heterocycles. The number of guanidine groups is 1. The van der Waals surface area contributed by atoms with Crippen LogP contribution in [0.3, 0.4) is 0 Å². The van der Waals surface area contributed by atoms with Crippen molar-refractivity contribution in [3.63, 3.8) is 0 Å². The third-order valence-electron chi connectivity index (χ3n) is 4.65. The van der Waals surface area contributed by atoms with Crippen LogP contribution in [0.15, 0.2) is 53.5 Å². The molecule has 0 bridgehead atoms. The predicted molar refractivity (Wildman–Crippen MR) is 138 cm³/mol. The van der Waals surface area contributed by atoms with E-state index in [0.29, 0.717) is 40.8 Å². The molecule has 1 aromatic heterocycles. The maximum atomic E-state index is 5.54. The zero-order chi connectivity index (χ0) is 24.5. The maximum absolute atomic E-state index is 5.54. The van der Waals surface area contributed by atoms with Gasteiger partial charge in [0, 0.05) is 17.5 Å². The summed E-state index contributed by atoms with van der Waals surface area (Å²) in [5.74, 6) is 2.84. The number of hydrogen-bond acceptors (Lipinski definition) is 7. The van der Waals surface area contributed by atoms with Crippen molar-refractivity contribution < 1.29 is 14.2 Å². The fourth-order valence-corrected chi connectivity index (χ4v) is 3.32. The van der Waals surface area contributed by atoms with Gasteiger partial charge in [0.15, 0.2) is 5.11 Å². The number of methoxy groups -OCH3 is 3. The topological polar surface area (TPSA) is 102 Å². The Kier molecular flexibility index (Phi) is 8.58. The lowest BCUT2D eigenvalue weighted by Gasteiger charge is -2.16. The normalized spacial score (nSPS) is 10.9. The highest BCUT2D eigenvalue weighted by molar-refractivity contribution is 7.80. The summed E-state index contributed by atoms with van der Waals surface area (Å²) in [6.45, 7) is 4.19. The highest BCUT2D eigenvalue weighted by Crippen LogP contribution is 2.28. The van der Waals surface area contributed by atoms with Crippen LogP contribution in [0, 0.1) is 13.8 Å². The molecule has 2 aromatic carbocycles. The number of aryl methyl sites for hydroxylation is 2. The first-order chi connectivity index (χ1) is 16.4. The number of thiocarbonyl (C=S) groups is 1. The van der Waals surface area contributed by atoms with Crippen molar-refractivity contribution in [2.45, 2.75) is 20.4 Å². The highest BCUT2D eigenvalue weighted by Gasteiger charge is 2.11. The zero-order valence-corrected chi connectivity index (χ0v) is 20.6. The van der Waals surface area contributed by atoms with Crippen LogP contribution in [0.25, 0.3) is 0 Å². The lowest BCUT2D eigenvalue weighted by Crippen LogP contribution is -2.39. The molecule has 3 rings (SSSR count). The summed E-state index contributed by atoms with van der Waals surface area (Å²) < 4.78 is 16.0. The van der Waals surface area contributed by atoms with E-state index in [4.69, 9.17) is 26.4 Å². The summed E-state index contributed by atoms with van der Waals surface area (Å²) in [4.78, 5) is 13.5. The molecule has 34 heavy (non-hydrogen) atoms. The van der Waals surface area contributed by atoms with Gasteiger partial charge < -0.3 is 24.8 Å². The standard InChI is InChI=1S/C24H28N6O3S/c1-15-11-16(2)27-23(26-15)29-22(25-14-17-7-6-8-18(12-17)31-3)30-24(34)28-20-13-19(32-4)9-10-21(20)33-5/h6-13H,14H2,1-5H3,(H3,25,26,27,28,29,30,34). The average Bonchev–Trinajstić information content (AvgIpc) is 2.82. The number of benzene rings is 2. The third-order valence-corrected chi connectivity index (χ3v) is 4.86. The van der Waals surface area contributed by atoms with Gasteiger partial charge in [-0.05, 0) is 62.0 Å². The molecule has 9 nitrogen and oxygen atoms in total. The number of ether oxygens (including phenoxy) is 3. The minimum atomic E-state index is 0.299. The van der Waals surface area contributed by atoms with Crippen molar-refractivity contribution in [1.29, 1.82) is 0 Å². The van der Waals surface area contributed by atoms with Crippen LogP contribution < -0.4 is 30.2 Å². The number of aliphatic imine (C=N–C) groups is 1. The highest BCUT2D eigenvalue weighted by atomic mass is 32.1. The molecule has 0 spiro atoms. The van der Waals surface area contributed by atoms with E-state index in [1.807, 2.05) is 44.2 Å². The molecule has 0 aliphatic carbocycles. The molecule has 0 radical (unpaired) electrons. The first-order valence-electron chi connectivity index (χ1n) is 10.5. The number of nitrogens with one attached hydrogen (secondary N) is 3. The molecule has 3 aromatic rings. The summed E-state index contributed by atoms with van der Waals surface area (Å²) in [6, 6.07) is 15.0. The van der Waals surface area contributed by atoms with Gasteiger partial charge in [0.25, 0.3) is 0 Å². The lowest BCUT2D eigenvalue weighted by molar-refractivity contribution is 0.405. The van der Waals surface area contributed by atoms with Crippen molar-refractivity contribution in [2.24, 2.45) is 4.99 Å². The second kappa shape index (κ2) is 11.8. The fourth-order valence-electron chi connectivity index (χ4n) is 3.11. The molecule has 0 fully saturated rings. The van der Waals surface area contributed by atoms with Crippen molar-refractivity contribution in [3.8, 4) is 17.2 Å². The molecule has 0 saturated carbocycles. The van der Waals surface area contributed by atoms with E-state index < -0.39 is 0 Å². The van der Waals surface area contributed by atoms with Crippen LogP contribution in [0.2, 0.25) is 0 Å². The Hall–Kier alpha value is -3.92. The molecule has 3 N–H and O–H groups in total. The van der Waals surface area contributed by atoms with Crippen molar-refractivity contribution in [2.75, 3.05) is 32.0 Å². The van der Waals surface area contributed by atoms with E-state index in [-0.39, 0.29) is 0 Å². The third kappa shape index (κ3) is 7.04. The van der Waals surface area contributed by atoms with Crippen molar-refractivity contribution in [3.05, 3.63) is 65.5 Å². The maximum Gasteiger partial charge on any atom is 0.229 e. The lowest BCUT2D eigenvalue weighted by atomic mass is 10.2. The Balaban J connectivity index is 1.83. The Labute approximate surface area is 204 Å². The molecule has 0 saturated heterocycles. The number of nitrogens with zero attached hydrogens (tertiary/aromatic N) is 3. The Morgan fingerprint density at radius 2 is 1.59 bits per heavy atom. The van der Waals surface area contributed by atoms with Crippen LogP contribution in [0.1, 0.15) is 17.0 Å². The molecule has 0 aliphatic heterocycles. The van der Waals surface area contributed by atoms with Crippen molar-refractivity contribution >= 4 is 34.9 Å². The zero-order valence-electron chi connectivity index (χ0n) is 19.8. The van der Waals surface area contributed by atoms with Gasteiger partial charge in [0.1, 0.15) is 17.2 Å². The SMILES string of the molecule is COc1cccc(CN=C(NC(=S)Nc2cc(OC)ccc2OC)Nc2nc(C)cc(C)n2)c1. The van der Waals surface area contributed by atoms with E-state index in [9.17, 15) is 0 Å². The fraction of sp³-hybridized carbons (Fsp3) is 0.250. The first kappa shape index (κ1) is 24.7. The van der Waals surface area contributed by atoms with Gasteiger partial charge in [0.05, 0.1) is 33.6 Å². The number of hydrogen-bond donors (Lipinski definition) is 3. The summed E-state index contributed by atoms with van der Waals surface area (Å²) in [7, 11) is 4.81. The molecule has 178 valence electrons. The van der Waals surface area contributed by atoms with Gasteiger partial charge in [-0.25, -0.2) is 15.0 Å². The molecular weight excluding hydrogens is 452 g/mol. The number of rotatable bonds is 7. The van der Waals surface area contributed by atoms with E-state index >= 15 is 0 Å². The molecular formula is C24H28N6O3S. The van der Waals surface area contributed by atoms with Crippen LogP contribution in [0.5, 0.6) is 17.2 Å². The Morgan fingerprint density at radius 1 is 0.882 bits per heavy atom. The Morgan fingerprint density at radius 3 is 2.26 bits per heavy atom. The molecule has 10 heteroatoms. The smallest absolute Gasteiger partial charge is 0.229 e. The molecule has 0 atom stereocenters. The Bertz CT molecular complexity index is 1160. The van der Waals surface area contributed by atoms with Gasteiger partial charge in [-0.3, -0.25) is 5.32 Å². The number of anilines is 2. The van der Waals surface area contributed by atoms with Gasteiger partial charge in [0.2, 0.25) is 11.9 Å². The summed E-state index contributed by atoms with van der Waals surface area (Å²) in [6.07, 6.45) is 0. The van der Waals surface area contributed by atoms with E-state index in [1.54, 1.807) is 39.5 Å². The van der Waals surface area contributed by atoms with Gasteiger partial charge in [-0.15, -0.1) is 0 Å². The first-order valence-corrected chi connectivity index (χ1v) is 10.9. The van der Waals surface area contributed by atoms with Crippen molar-refractivity contribution in [1.82, 2.24) is 15.3 Å². The summed E-state index contributed by atoms with van der Waals surface area (Å²) in [5, 5.41) is 9.65. The molecule has 0 unspecified atom stereocenters. The second-order valence-electron chi connectivity index (χ2n) is 7.26. The number of aromatic nitrogens is 2. The molecule has 0 amide bonds. The molecule has 0 aliphatic rings. The minimum Gasteiger partial charge on any atom is -0.497 e. The van der Waals surface area contributed by atoms with Crippen LogP contribution >= 0.6 is 12.2 Å². The van der Waals surface area contributed by atoms with Gasteiger partial charge >= 0.3 is 0 Å². The van der Waals surface area contributed by atoms with Crippen LogP contribution in [-0.2, 0) is 6.54 Å². The summed E-state index contributed by atoms with van der Waals surface area (Å²) >= 11 is 5.54. The summed E-state index contributed by atoms with van der Waals surface area (Å²) in [5.41, 5.74) is 3.29. The average molecular weight is 481 g/mol. The minimum absolute atomic E-state index is 0.299. The quantitative estimate of drug-likeness (QED) is 0.262. The van der Waals surface area contributed by atoms with Crippen LogP contribution in [-0.4, -0.2) is 42.4 Å². The largest absolute Gasteiger partial charge is 0.497 e. The second-order valence-corrected chi connectivity index (χ2v) is 7.67. The van der Waals surface area contributed by atoms with E-state index in [1.165, 1.54) is 0 Å². The van der Waals surface area contributed by atoms with Gasteiger partial charge in [-0.2, -0.15) is 0 Å². The van der Waals surface area contributed by atoms with Crippen LogP contribution in [0.4, 0.5) is 11.6 Å². The predicted octanol–water partition coefficient (Wildman–Crippen LogP) is 4.07.